The Hall–Kier alpha value is -5.07. The van der Waals surface area contributed by atoms with Gasteiger partial charge in [0.1, 0.15) is 10.6 Å². The van der Waals surface area contributed by atoms with Crippen molar-refractivity contribution in [3.8, 4) is 22.7 Å². The van der Waals surface area contributed by atoms with Crippen LogP contribution in [0.2, 0.25) is 0 Å². The van der Waals surface area contributed by atoms with Crippen molar-refractivity contribution in [3.63, 3.8) is 0 Å². The highest BCUT2D eigenvalue weighted by molar-refractivity contribution is 7.93. The lowest BCUT2D eigenvalue weighted by Gasteiger charge is -2.29. The summed E-state index contributed by atoms with van der Waals surface area (Å²) in [6, 6.07) is 22.8. The van der Waals surface area contributed by atoms with E-state index in [2.05, 4.69) is 31.7 Å². The molecule has 0 saturated carbocycles. The Labute approximate surface area is 254 Å². The second-order valence-corrected chi connectivity index (χ2v) is 12.3. The van der Waals surface area contributed by atoms with Gasteiger partial charge in [-0.3, -0.25) is 9.29 Å². The van der Waals surface area contributed by atoms with Crippen molar-refractivity contribution in [1.29, 1.82) is 0 Å². The van der Waals surface area contributed by atoms with Gasteiger partial charge in [-0.2, -0.15) is 0 Å². The van der Waals surface area contributed by atoms with Crippen molar-refractivity contribution in [2.75, 3.05) is 48.8 Å². The number of sulfonamides is 1. The number of rotatable bonds is 7. The molecule has 3 N–H and O–H groups in total. The van der Waals surface area contributed by atoms with Crippen molar-refractivity contribution in [3.05, 3.63) is 85.2 Å². The molecular formula is C32H31N7O4S. The van der Waals surface area contributed by atoms with Crippen molar-refractivity contribution in [1.82, 2.24) is 19.1 Å². The van der Waals surface area contributed by atoms with Crippen LogP contribution in [0.3, 0.4) is 0 Å². The third kappa shape index (κ3) is 4.87. The Kier molecular flexibility index (Phi) is 6.87. The highest BCUT2D eigenvalue weighted by Crippen LogP contribution is 2.34. The maximum absolute atomic E-state index is 13.6. The molecule has 4 heterocycles. The van der Waals surface area contributed by atoms with Crippen molar-refractivity contribution in [2.24, 2.45) is 7.05 Å². The number of imidazole rings is 1. The second kappa shape index (κ2) is 10.9. The molecule has 6 aromatic rings. The van der Waals surface area contributed by atoms with Crippen LogP contribution in [-0.4, -0.2) is 60.9 Å². The summed E-state index contributed by atoms with van der Waals surface area (Å²) >= 11 is 0. The molecule has 44 heavy (non-hydrogen) atoms. The molecule has 0 spiro atoms. The Bertz CT molecular complexity index is 2110. The SMILES string of the molecule is COc1ncc(-c2ccc3nc(N)n(-c4ccc(N5CCOCC5)cc4)c3c2)cc1NS(=O)(=O)c1cccc2ccn(C)c12. The number of nitrogens with one attached hydrogen (secondary N) is 1. The molecule has 11 nitrogen and oxygen atoms in total. The number of nitrogens with zero attached hydrogens (tertiary/aromatic N) is 5. The van der Waals surface area contributed by atoms with E-state index in [1.165, 1.54) is 7.11 Å². The maximum Gasteiger partial charge on any atom is 0.264 e. The van der Waals surface area contributed by atoms with Gasteiger partial charge in [-0.05, 0) is 60.2 Å². The molecule has 1 aliphatic rings. The summed E-state index contributed by atoms with van der Waals surface area (Å²) in [4.78, 5) is 11.5. The number of hydrogen-bond acceptors (Lipinski definition) is 8. The molecule has 3 aromatic carbocycles. The molecule has 224 valence electrons. The average Bonchev–Trinajstić information content (AvgIpc) is 3.59. The average molecular weight is 610 g/mol. The fourth-order valence-electron chi connectivity index (χ4n) is 5.76. The molecule has 3 aromatic heterocycles. The van der Waals surface area contributed by atoms with Crippen LogP contribution in [0, 0.1) is 0 Å². The third-order valence-corrected chi connectivity index (χ3v) is 9.33. The number of pyridine rings is 1. The van der Waals surface area contributed by atoms with Gasteiger partial charge in [-0.15, -0.1) is 0 Å². The van der Waals surface area contributed by atoms with Crippen molar-refractivity contribution in [2.45, 2.75) is 4.90 Å². The lowest BCUT2D eigenvalue weighted by atomic mass is 10.1. The Morgan fingerprint density at radius 2 is 1.73 bits per heavy atom. The number of anilines is 3. The largest absolute Gasteiger partial charge is 0.480 e. The van der Waals surface area contributed by atoms with E-state index in [-0.39, 0.29) is 16.5 Å². The minimum Gasteiger partial charge on any atom is -0.480 e. The van der Waals surface area contributed by atoms with Crippen molar-refractivity contribution >= 4 is 49.3 Å². The molecule has 0 atom stereocenters. The first-order valence-corrected chi connectivity index (χ1v) is 15.6. The number of morpholine rings is 1. The predicted molar refractivity (Wildman–Crippen MR) is 172 cm³/mol. The van der Waals surface area contributed by atoms with Gasteiger partial charge in [-0.25, -0.2) is 18.4 Å². The summed E-state index contributed by atoms with van der Waals surface area (Å²) in [6.07, 6.45) is 3.48. The van der Waals surface area contributed by atoms with E-state index < -0.39 is 10.0 Å². The molecule has 0 amide bonds. The molecule has 0 bridgehead atoms. The number of para-hydroxylation sites is 1. The van der Waals surface area contributed by atoms with Crippen LogP contribution in [-0.2, 0) is 21.8 Å². The Morgan fingerprint density at radius 1 is 0.955 bits per heavy atom. The standard InChI is InChI=1S/C32H31N7O4S/c1-37-13-12-21-4-3-5-29(30(21)37)44(40,41)36-27-18-23(20-34-31(27)42-2)22-6-11-26-28(19-22)39(32(33)35-26)25-9-7-24(8-10-25)38-14-16-43-17-15-38/h3-13,18-20,36H,14-17H2,1-2H3,(H2,33,35). The fraction of sp³-hybridized carbons (Fsp3) is 0.188. The normalized spacial score (nSPS) is 13.9. The van der Waals surface area contributed by atoms with E-state index in [0.29, 0.717) is 17.0 Å². The zero-order valence-electron chi connectivity index (χ0n) is 24.3. The predicted octanol–water partition coefficient (Wildman–Crippen LogP) is 4.81. The molecule has 0 radical (unpaired) electrons. The maximum atomic E-state index is 13.6. The van der Waals surface area contributed by atoms with Gasteiger partial charge in [0.15, 0.2) is 0 Å². The van der Waals surface area contributed by atoms with Gasteiger partial charge in [0.2, 0.25) is 11.8 Å². The minimum atomic E-state index is -3.98. The fourth-order valence-corrected chi connectivity index (χ4v) is 7.08. The van der Waals surface area contributed by atoms with Crippen molar-refractivity contribution < 1.29 is 17.9 Å². The number of hydrogen-bond donors (Lipinski definition) is 2. The summed E-state index contributed by atoms with van der Waals surface area (Å²) in [5.74, 6) is 0.527. The van der Waals surface area contributed by atoms with Gasteiger partial charge < -0.3 is 24.7 Å². The first-order chi connectivity index (χ1) is 21.3. The van der Waals surface area contributed by atoms with E-state index in [4.69, 9.17) is 15.2 Å². The minimum absolute atomic E-state index is 0.159. The van der Waals surface area contributed by atoms with Crippen LogP contribution in [0.4, 0.5) is 17.3 Å². The van der Waals surface area contributed by atoms with Crippen LogP contribution in [0.15, 0.2) is 90.1 Å². The number of ether oxygens (including phenoxy) is 2. The van der Waals surface area contributed by atoms with Gasteiger partial charge in [0.05, 0.1) is 36.9 Å². The van der Waals surface area contributed by atoms with E-state index in [1.54, 1.807) is 29.0 Å². The number of nitrogens with two attached hydrogens (primary N) is 1. The van der Waals surface area contributed by atoms with E-state index in [9.17, 15) is 8.42 Å². The van der Waals surface area contributed by atoms with E-state index in [1.807, 2.05) is 60.3 Å². The molecular weight excluding hydrogens is 578 g/mol. The molecule has 12 heteroatoms. The zero-order valence-corrected chi connectivity index (χ0v) is 25.1. The smallest absolute Gasteiger partial charge is 0.264 e. The van der Waals surface area contributed by atoms with E-state index in [0.717, 1.165) is 59.7 Å². The molecule has 7 rings (SSSR count). The lowest BCUT2D eigenvalue weighted by molar-refractivity contribution is 0.122. The summed E-state index contributed by atoms with van der Waals surface area (Å²) in [7, 11) is -0.712. The first-order valence-electron chi connectivity index (χ1n) is 14.1. The number of nitrogen functional groups attached to an aromatic ring is 1. The summed E-state index contributed by atoms with van der Waals surface area (Å²) in [5.41, 5.74) is 12.3. The molecule has 1 saturated heterocycles. The molecule has 1 aliphatic heterocycles. The highest BCUT2D eigenvalue weighted by atomic mass is 32.2. The van der Waals surface area contributed by atoms with Crippen LogP contribution in [0.5, 0.6) is 5.88 Å². The van der Waals surface area contributed by atoms with Crippen LogP contribution >= 0.6 is 0 Å². The quantitative estimate of drug-likeness (QED) is 0.264. The second-order valence-electron chi connectivity index (χ2n) is 10.6. The lowest BCUT2D eigenvalue weighted by Crippen LogP contribution is -2.36. The molecule has 0 aliphatic carbocycles. The summed E-state index contributed by atoms with van der Waals surface area (Å²) in [5, 5.41) is 0.828. The van der Waals surface area contributed by atoms with Gasteiger partial charge in [-0.1, -0.05) is 18.2 Å². The van der Waals surface area contributed by atoms with Crippen LogP contribution in [0.25, 0.3) is 38.8 Å². The first kappa shape index (κ1) is 27.7. The summed E-state index contributed by atoms with van der Waals surface area (Å²) in [6.45, 7) is 3.15. The number of fused-ring (bicyclic) bond motifs is 2. The third-order valence-electron chi connectivity index (χ3n) is 7.94. The number of aromatic nitrogens is 4. The monoisotopic (exact) mass is 609 g/mol. The van der Waals surface area contributed by atoms with Gasteiger partial charge >= 0.3 is 0 Å². The number of methoxy groups -OCH3 is 1. The highest BCUT2D eigenvalue weighted by Gasteiger charge is 2.22. The van der Waals surface area contributed by atoms with E-state index >= 15 is 0 Å². The molecule has 0 unspecified atom stereocenters. The van der Waals surface area contributed by atoms with Crippen LogP contribution in [0.1, 0.15) is 0 Å². The van der Waals surface area contributed by atoms with Crippen LogP contribution < -0.4 is 20.1 Å². The topological polar surface area (TPSA) is 130 Å². The zero-order chi connectivity index (χ0) is 30.4. The summed E-state index contributed by atoms with van der Waals surface area (Å²) < 4.78 is 44.6. The Morgan fingerprint density at radius 3 is 2.50 bits per heavy atom. The Balaban J connectivity index is 1.25. The van der Waals surface area contributed by atoms with Gasteiger partial charge in [0, 0.05) is 54.9 Å². The van der Waals surface area contributed by atoms with Gasteiger partial charge in [0.25, 0.3) is 10.0 Å². The molecule has 1 fully saturated rings. The number of aryl methyl sites for hydroxylation is 1. The number of benzene rings is 3.